The van der Waals surface area contributed by atoms with Gasteiger partial charge in [-0.15, -0.1) is 11.3 Å². The minimum atomic E-state index is -1.19. The summed E-state index contributed by atoms with van der Waals surface area (Å²) in [4.78, 5) is 3.74. The molecule has 1 aromatic heterocycles. The Balaban J connectivity index is 0. The molecule has 0 aromatic carbocycles. The lowest BCUT2D eigenvalue weighted by Gasteiger charge is -1.45. The van der Waals surface area contributed by atoms with Crippen LogP contribution >= 0.6 is 11.3 Å². The molecule has 0 radical (unpaired) electrons. The van der Waals surface area contributed by atoms with Crippen LogP contribution in [0.25, 0.3) is 0 Å². The highest BCUT2D eigenvalue weighted by atomic mass is 79.9. The summed E-state index contributed by atoms with van der Waals surface area (Å²) in [5.74, 6) is 0. The van der Waals surface area contributed by atoms with E-state index in [1.165, 1.54) is 0 Å². The second-order valence-electron chi connectivity index (χ2n) is 0.814. The van der Waals surface area contributed by atoms with Crippen LogP contribution in [0.15, 0.2) is 17.1 Å². The van der Waals surface area contributed by atoms with Gasteiger partial charge in [-0.2, -0.15) is 8.40 Å². The molecule has 0 saturated heterocycles. The summed E-state index contributed by atoms with van der Waals surface area (Å²) >= 11 is -0.773. The minimum absolute atomic E-state index is 1.19. The van der Waals surface area contributed by atoms with Crippen LogP contribution in [0.5, 0.6) is 0 Å². The molecule has 0 amide bonds. The summed E-state index contributed by atoms with van der Waals surface area (Å²) < 4.78 is 31.1. The molecular weight excluding hydrogens is 306 g/mol. The number of rotatable bonds is 0. The van der Waals surface area contributed by atoms with Crippen LogP contribution in [0.1, 0.15) is 0 Å². The largest absolute Gasteiger partial charge is 0.551 e. The lowest BCUT2D eigenvalue weighted by atomic mass is 11.0. The van der Waals surface area contributed by atoms with Crippen molar-refractivity contribution < 1.29 is 47.9 Å². The van der Waals surface area contributed by atoms with Crippen LogP contribution in [-0.2, 0) is 0 Å². The molecule has 0 fully saturated rings. The minimum Gasteiger partial charge on any atom is -0.551 e. The number of nitrogens with zero attached hydrogens (tertiary/aromatic N) is 1. The Hall–Kier alpha value is 0.430. The maximum atomic E-state index is 8.52. The maximum Gasteiger partial charge on any atom is 0.417 e. The van der Waals surface area contributed by atoms with Gasteiger partial charge in [0.2, 0.25) is 0 Å². The highest BCUT2D eigenvalue weighted by Crippen LogP contribution is 1.85. The molecule has 0 bridgehead atoms. The van der Waals surface area contributed by atoms with Crippen molar-refractivity contribution >= 4 is 11.3 Å². The molecule has 5 nitrogen and oxygen atoms in total. The lowest BCUT2D eigenvalue weighted by molar-refractivity contribution is -1.27. The molecular formula is C3H5Br2NO4S. The molecule has 1 aromatic rings. The van der Waals surface area contributed by atoms with Crippen molar-refractivity contribution in [2.75, 3.05) is 0 Å². The Kier molecular flexibility index (Phi) is 21.4. The number of hydrogen-bond donors (Lipinski definition) is 2. The first kappa shape index (κ1) is 14.0. The van der Waals surface area contributed by atoms with Gasteiger partial charge < -0.3 is 8.40 Å². The van der Waals surface area contributed by atoms with Crippen LogP contribution in [0.3, 0.4) is 0 Å². The molecule has 8 heteroatoms. The van der Waals surface area contributed by atoms with Crippen LogP contribution in [0, 0.1) is 31.1 Å². The SMILES string of the molecule is [O-][Br+]O.[O-][Br+]O.c1cscn1. The fourth-order valence-corrected chi connectivity index (χ4v) is 0.527. The smallest absolute Gasteiger partial charge is 0.417 e. The average Bonchev–Trinajstić information content (AvgIpc) is 2.44. The van der Waals surface area contributed by atoms with E-state index in [-0.39, 0.29) is 0 Å². The molecule has 1 rings (SSSR count). The third kappa shape index (κ3) is 25.1. The molecule has 0 aliphatic heterocycles. The van der Waals surface area contributed by atoms with Crippen LogP contribution in [0.4, 0.5) is 0 Å². The Labute approximate surface area is 81.2 Å². The Bertz CT molecular complexity index is 98.9. The Morgan fingerprint density at radius 1 is 1.27 bits per heavy atom. The average molecular weight is 311 g/mol. The second kappa shape index (κ2) is 16.8. The van der Waals surface area contributed by atoms with E-state index in [2.05, 4.69) is 4.98 Å². The molecule has 0 spiro atoms. The summed E-state index contributed by atoms with van der Waals surface area (Å²) in [5.41, 5.74) is 1.79. The summed E-state index contributed by atoms with van der Waals surface area (Å²) in [5, 5.41) is 1.93. The number of hydrogen-bond acceptors (Lipinski definition) is 6. The first-order chi connectivity index (χ1) is 5.33. The normalized spacial score (nSPS) is 6.91. The number of halogens is 2. The molecule has 0 aliphatic rings. The van der Waals surface area contributed by atoms with Gasteiger partial charge in [-0.05, 0) is 0 Å². The molecule has 0 unspecified atom stereocenters. The quantitative estimate of drug-likeness (QED) is 0.559. The van der Waals surface area contributed by atoms with Gasteiger partial charge in [0, 0.05) is 11.6 Å². The zero-order valence-electron chi connectivity index (χ0n) is 5.05. The Morgan fingerprint density at radius 2 is 1.73 bits per heavy atom. The van der Waals surface area contributed by atoms with Gasteiger partial charge in [0.25, 0.3) is 0 Å². The van der Waals surface area contributed by atoms with Crippen molar-refractivity contribution in [1.82, 2.24) is 4.98 Å². The van der Waals surface area contributed by atoms with Gasteiger partial charge >= 0.3 is 31.1 Å². The molecule has 2 N–H and O–H groups in total. The van der Waals surface area contributed by atoms with E-state index in [0.29, 0.717) is 0 Å². The fourth-order valence-electron chi connectivity index (χ4n) is 0.176. The van der Waals surface area contributed by atoms with Crippen molar-refractivity contribution in [3.63, 3.8) is 0 Å². The molecule has 0 atom stereocenters. The van der Waals surface area contributed by atoms with E-state index >= 15 is 0 Å². The highest BCUT2D eigenvalue weighted by molar-refractivity contribution is 7.07. The number of aromatic nitrogens is 1. The van der Waals surface area contributed by atoms with Crippen LogP contribution in [0.2, 0.25) is 0 Å². The number of thiazole rings is 1. The topological polar surface area (TPSA) is 99.5 Å². The molecule has 1 heterocycles. The van der Waals surface area contributed by atoms with Crippen molar-refractivity contribution in [2.24, 2.45) is 0 Å². The van der Waals surface area contributed by atoms with Gasteiger partial charge in [-0.25, -0.2) is 0 Å². The first-order valence-electron chi connectivity index (χ1n) is 1.97. The monoisotopic (exact) mass is 309 g/mol. The standard InChI is InChI=1S/C3H3NS.2BrHO2/c1-2-5-3-4-1;2*2-1-3/h1-3H;2*2H. The van der Waals surface area contributed by atoms with E-state index in [9.17, 15) is 0 Å². The summed E-state index contributed by atoms with van der Waals surface area (Å²) in [6, 6.07) is 0. The predicted octanol–water partition coefficient (Wildman–Crippen LogP) is -2.35. The zero-order chi connectivity index (χ0) is 8.95. The summed E-state index contributed by atoms with van der Waals surface area (Å²) in [6.45, 7) is 0. The van der Waals surface area contributed by atoms with Crippen molar-refractivity contribution in [3.05, 3.63) is 17.1 Å². The van der Waals surface area contributed by atoms with Crippen molar-refractivity contribution in [1.29, 1.82) is 0 Å². The molecule has 0 aliphatic carbocycles. The molecule has 11 heavy (non-hydrogen) atoms. The third-order valence-corrected chi connectivity index (χ3v) is 0.869. The van der Waals surface area contributed by atoms with Gasteiger partial charge in [-0.3, -0.25) is 4.98 Å². The summed E-state index contributed by atoms with van der Waals surface area (Å²) in [6.07, 6.45) is 1.77. The van der Waals surface area contributed by atoms with Crippen molar-refractivity contribution in [3.8, 4) is 0 Å². The van der Waals surface area contributed by atoms with Gasteiger partial charge in [0.05, 0.1) is 5.51 Å². The van der Waals surface area contributed by atoms with Crippen LogP contribution in [-0.4, -0.2) is 13.4 Å². The van der Waals surface area contributed by atoms with Gasteiger partial charge in [-0.1, -0.05) is 0 Å². The second-order valence-corrected chi connectivity index (χ2v) is 2.15. The molecule has 0 saturated carbocycles. The van der Waals surface area contributed by atoms with E-state index in [1.54, 1.807) is 23.0 Å². The zero-order valence-corrected chi connectivity index (χ0v) is 9.04. The predicted molar refractivity (Wildman–Crippen MR) is 26.6 cm³/mol. The Morgan fingerprint density at radius 3 is 1.82 bits per heavy atom. The van der Waals surface area contributed by atoms with Crippen LogP contribution < -0.4 is 8.40 Å². The van der Waals surface area contributed by atoms with E-state index < -0.39 is 31.1 Å². The molecule has 66 valence electrons. The van der Waals surface area contributed by atoms with E-state index in [1.807, 2.05) is 5.38 Å². The maximum absolute atomic E-state index is 8.52. The van der Waals surface area contributed by atoms with E-state index in [4.69, 9.17) is 16.8 Å². The van der Waals surface area contributed by atoms with Gasteiger partial charge in [0.15, 0.2) is 0 Å². The first-order valence-corrected chi connectivity index (χ1v) is 5.62. The summed E-state index contributed by atoms with van der Waals surface area (Å²) in [7, 11) is 0. The fraction of sp³-hybridized carbons (Fsp3) is 0. The van der Waals surface area contributed by atoms with Gasteiger partial charge in [0.1, 0.15) is 0 Å². The highest BCUT2D eigenvalue weighted by Gasteiger charge is 1.59. The third-order valence-electron chi connectivity index (χ3n) is 0.347. The van der Waals surface area contributed by atoms with E-state index in [0.717, 1.165) is 0 Å². The van der Waals surface area contributed by atoms with Crippen molar-refractivity contribution in [2.45, 2.75) is 0 Å². The lowest BCUT2D eigenvalue weighted by Crippen LogP contribution is -1.94.